The van der Waals surface area contributed by atoms with Crippen molar-refractivity contribution in [3.05, 3.63) is 29.6 Å². The molecule has 1 aromatic rings. The van der Waals surface area contributed by atoms with Gasteiger partial charge in [-0.2, -0.15) is 0 Å². The molecule has 2 N–H and O–H groups in total. The van der Waals surface area contributed by atoms with Crippen LogP contribution < -0.4 is 10.5 Å². The molecule has 0 atom stereocenters. The first kappa shape index (κ1) is 11.4. The first-order valence-corrected chi connectivity index (χ1v) is 5.39. The Morgan fingerprint density at radius 1 is 1.44 bits per heavy atom. The molecule has 1 aliphatic carbocycles. The molecule has 1 fully saturated rings. The SMILES string of the molecule is COc1cccc(COC2CC(N)C2)c1F. The number of rotatable bonds is 4. The van der Waals surface area contributed by atoms with E-state index in [2.05, 4.69) is 0 Å². The molecule has 2 rings (SSSR count). The van der Waals surface area contributed by atoms with Crippen molar-refractivity contribution >= 4 is 0 Å². The summed E-state index contributed by atoms with van der Waals surface area (Å²) in [6.07, 6.45) is 1.91. The first-order chi connectivity index (χ1) is 7.70. The van der Waals surface area contributed by atoms with Crippen LogP contribution in [0.1, 0.15) is 18.4 Å². The third-order valence-electron chi connectivity index (χ3n) is 2.87. The molecule has 0 unspecified atom stereocenters. The Balaban J connectivity index is 1.93. The third kappa shape index (κ3) is 2.33. The number of halogens is 1. The molecule has 0 heterocycles. The topological polar surface area (TPSA) is 44.5 Å². The number of methoxy groups -OCH3 is 1. The zero-order valence-corrected chi connectivity index (χ0v) is 9.28. The van der Waals surface area contributed by atoms with E-state index in [-0.39, 0.29) is 30.3 Å². The standard InChI is InChI=1S/C12H16FNO2/c1-15-11-4-2-3-8(12(11)13)7-16-10-5-9(14)6-10/h2-4,9-10H,5-7,14H2,1H3. The van der Waals surface area contributed by atoms with Crippen molar-refractivity contribution in [1.29, 1.82) is 0 Å². The van der Waals surface area contributed by atoms with Gasteiger partial charge in [-0.1, -0.05) is 12.1 Å². The van der Waals surface area contributed by atoms with Crippen LogP contribution in [0.5, 0.6) is 5.75 Å². The molecule has 3 nitrogen and oxygen atoms in total. The molecule has 0 aliphatic heterocycles. The number of ether oxygens (including phenoxy) is 2. The van der Waals surface area contributed by atoms with Crippen LogP contribution in [0.15, 0.2) is 18.2 Å². The van der Waals surface area contributed by atoms with Crippen LogP contribution in [0.2, 0.25) is 0 Å². The van der Waals surface area contributed by atoms with E-state index in [1.54, 1.807) is 18.2 Å². The summed E-state index contributed by atoms with van der Waals surface area (Å²) in [5.74, 6) is -0.0833. The fourth-order valence-corrected chi connectivity index (χ4v) is 1.78. The van der Waals surface area contributed by atoms with Gasteiger partial charge in [0.25, 0.3) is 0 Å². The van der Waals surface area contributed by atoms with Gasteiger partial charge in [0.2, 0.25) is 0 Å². The second-order valence-electron chi connectivity index (χ2n) is 4.10. The highest BCUT2D eigenvalue weighted by atomic mass is 19.1. The van der Waals surface area contributed by atoms with Gasteiger partial charge < -0.3 is 15.2 Å². The van der Waals surface area contributed by atoms with Gasteiger partial charge >= 0.3 is 0 Å². The van der Waals surface area contributed by atoms with E-state index in [9.17, 15) is 4.39 Å². The smallest absolute Gasteiger partial charge is 0.170 e. The van der Waals surface area contributed by atoms with Gasteiger partial charge in [-0.25, -0.2) is 4.39 Å². The largest absolute Gasteiger partial charge is 0.494 e. The molecule has 1 aliphatic rings. The quantitative estimate of drug-likeness (QED) is 0.850. The van der Waals surface area contributed by atoms with E-state index in [1.165, 1.54) is 7.11 Å². The van der Waals surface area contributed by atoms with Crippen molar-refractivity contribution in [2.45, 2.75) is 31.6 Å². The maximum absolute atomic E-state index is 13.7. The minimum Gasteiger partial charge on any atom is -0.494 e. The van der Waals surface area contributed by atoms with Crippen LogP contribution >= 0.6 is 0 Å². The molecule has 0 spiro atoms. The van der Waals surface area contributed by atoms with Crippen LogP contribution in [-0.2, 0) is 11.3 Å². The van der Waals surface area contributed by atoms with Crippen molar-refractivity contribution < 1.29 is 13.9 Å². The average Bonchev–Trinajstić information content (AvgIpc) is 2.24. The van der Waals surface area contributed by atoms with Crippen LogP contribution in [0.4, 0.5) is 4.39 Å². The number of nitrogens with two attached hydrogens (primary N) is 1. The Bertz CT molecular complexity index is 364. The van der Waals surface area contributed by atoms with Gasteiger partial charge in [0.1, 0.15) is 0 Å². The van der Waals surface area contributed by atoms with Gasteiger partial charge in [-0.3, -0.25) is 0 Å². The van der Waals surface area contributed by atoms with Gasteiger partial charge in [-0.05, 0) is 18.9 Å². The highest BCUT2D eigenvalue weighted by molar-refractivity contribution is 5.30. The first-order valence-electron chi connectivity index (χ1n) is 5.39. The van der Waals surface area contributed by atoms with Crippen LogP contribution in [-0.4, -0.2) is 19.3 Å². The van der Waals surface area contributed by atoms with Gasteiger partial charge in [-0.15, -0.1) is 0 Å². The lowest BCUT2D eigenvalue weighted by Crippen LogP contribution is -2.41. The number of hydrogen-bond donors (Lipinski definition) is 1. The lowest BCUT2D eigenvalue weighted by Gasteiger charge is -2.32. The highest BCUT2D eigenvalue weighted by Gasteiger charge is 2.26. The molecule has 1 saturated carbocycles. The lowest BCUT2D eigenvalue weighted by molar-refractivity contribution is -0.0199. The van der Waals surface area contributed by atoms with E-state index in [0.29, 0.717) is 5.56 Å². The highest BCUT2D eigenvalue weighted by Crippen LogP contribution is 2.25. The number of hydrogen-bond acceptors (Lipinski definition) is 3. The predicted octanol–water partition coefficient (Wildman–Crippen LogP) is 1.84. The van der Waals surface area contributed by atoms with Gasteiger partial charge in [0.05, 0.1) is 19.8 Å². The fraction of sp³-hybridized carbons (Fsp3) is 0.500. The van der Waals surface area contributed by atoms with E-state index in [1.807, 2.05) is 0 Å². The van der Waals surface area contributed by atoms with Crippen molar-refractivity contribution in [3.8, 4) is 5.75 Å². The molecule has 0 radical (unpaired) electrons. The van der Waals surface area contributed by atoms with E-state index >= 15 is 0 Å². The van der Waals surface area contributed by atoms with Crippen LogP contribution in [0.3, 0.4) is 0 Å². The monoisotopic (exact) mass is 225 g/mol. The van der Waals surface area contributed by atoms with Crippen LogP contribution in [0, 0.1) is 5.82 Å². The summed E-state index contributed by atoms with van der Waals surface area (Å²) >= 11 is 0. The van der Waals surface area contributed by atoms with E-state index < -0.39 is 0 Å². The minimum absolute atomic E-state index is 0.181. The van der Waals surface area contributed by atoms with Gasteiger partial charge in [0, 0.05) is 11.6 Å². The van der Waals surface area contributed by atoms with Crippen molar-refractivity contribution in [1.82, 2.24) is 0 Å². The molecule has 0 aromatic heterocycles. The average molecular weight is 225 g/mol. The van der Waals surface area contributed by atoms with Crippen molar-refractivity contribution in [2.75, 3.05) is 7.11 Å². The maximum atomic E-state index is 13.7. The zero-order chi connectivity index (χ0) is 11.5. The van der Waals surface area contributed by atoms with Gasteiger partial charge in [0.15, 0.2) is 11.6 Å². The van der Waals surface area contributed by atoms with Crippen molar-refractivity contribution in [2.24, 2.45) is 5.73 Å². The summed E-state index contributed by atoms with van der Waals surface area (Å²) < 4.78 is 24.1. The Morgan fingerprint density at radius 2 is 2.19 bits per heavy atom. The Labute approximate surface area is 94.3 Å². The maximum Gasteiger partial charge on any atom is 0.170 e. The number of benzene rings is 1. The molecule has 88 valence electrons. The fourth-order valence-electron chi connectivity index (χ4n) is 1.78. The zero-order valence-electron chi connectivity index (χ0n) is 9.28. The minimum atomic E-state index is -0.339. The molecule has 4 heteroatoms. The summed E-state index contributed by atoms with van der Waals surface area (Å²) in [5.41, 5.74) is 6.17. The lowest BCUT2D eigenvalue weighted by atomic mass is 9.90. The summed E-state index contributed by atoms with van der Waals surface area (Å²) in [6, 6.07) is 5.31. The predicted molar refractivity (Wildman–Crippen MR) is 58.7 cm³/mol. The van der Waals surface area contributed by atoms with Crippen molar-refractivity contribution in [3.63, 3.8) is 0 Å². The second kappa shape index (κ2) is 4.80. The third-order valence-corrected chi connectivity index (χ3v) is 2.87. The second-order valence-corrected chi connectivity index (χ2v) is 4.10. The Hall–Kier alpha value is -1.13. The molecular formula is C12H16FNO2. The molecular weight excluding hydrogens is 209 g/mol. The van der Waals surface area contributed by atoms with E-state index in [0.717, 1.165) is 12.8 Å². The van der Waals surface area contributed by atoms with E-state index in [4.69, 9.17) is 15.2 Å². The molecule has 0 bridgehead atoms. The molecule has 0 amide bonds. The Morgan fingerprint density at radius 3 is 2.81 bits per heavy atom. The summed E-state index contributed by atoms with van der Waals surface area (Å²) in [6.45, 7) is 0.278. The summed E-state index contributed by atoms with van der Waals surface area (Å²) in [7, 11) is 1.45. The molecule has 1 aromatic carbocycles. The molecule has 16 heavy (non-hydrogen) atoms. The summed E-state index contributed by atoms with van der Waals surface area (Å²) in [5, 5.41) is 0. The normalized spacial score (nSPS) is 23.9. The van der Waals surface area contributed by atoms with Crippen LogP contribution in [0.25, 0.3) is 0 Å². The summed E-state index contributed by atoms with van der Waals surface area (Å²) in [4.78, 5) is 0. The molecule has 0 saturated heterocycles. The Kier molecular flexibility index (Phi) is 3.41.